The van der Waals surface area contributed by atoms with Crippen molar-refractivity contribution < 1.29 is 14.3 Å². The number of amidine groups is 1. The first-order chi connectivity index (χ1) is 18.5. The van der Waals surface area contributed by atoms with Gasteiger partial charge < -0.3 is 10.1 Å². The Kier molecular flexibility index (Phi) is 10.1. The molecule has 0 radical (unpaired) electrons. The molecule has 1 heterocycles. The predicted octanol–water partition coefficient (Wildman–Crippen LogP) is 6.04. The average Bonchev–Trinajstić information content (AvgIpc) is 2.93. The van der Waals surface area contributed by atoms with E-state index in [1.54, 1.807) is 39.1 Å². The van der Waals surface area contributed by atoms with E-state index in [1.165, 1.54) is 4.90 Å². The molecule has 1 N–H and O–H groups in total. The summed E-state index contributed by atoms with van der Waals surface area (Å²) in [6, 6.07) is 9.52. The second-order valence-corrected chi connectivity index (χ2v) is 8.37. The Balaban J connectivity index is 2.48. The fourth-order valence-corrected chi connectivity index (χ4v) is 4.25. The van der Waals surface area contributed by atoms with Gasteiger partial charge in [0.1, 0.15) is 5.84 Å². The van der Waals surface area contributed by atoms with Gasteiger partial charge in [-0.05, 0) is 57.4 Å². The highest BCUT2D eigenvalue weighted by molar-refractivity contribution is 6.15. The van der Waals surface area contributed by atoms with Gasteiger partial charge >= 0.3 is 5.97 Å². The third kappa shape index (κ3) is 6.24. The maximum absolute atomic E-state index is 13.3. The Morgan fingerprint density at radius 2 is 2.00 bits per heavy atom. The van der Waals surface area contributed by atoms with Crippen LogP contribution in [0.1, 0.15) is 48.3 Å². The van der Waals surface area contributed by atoms with Crippen LogP contribution in [0, 0.1) is 6.92 Å². The van der Waals surface area contributed by atoms with Crippen molar-refractivity contribution in [2.75, 3.05) is 18.6 Å². The molecule has 1 aromatic heterocycles. The Morgan fingerprint density at radius 1 is 1.24 bits per heavy atom. The molecule has 196 valence electrons. The molecule has 1 aromatic carbocycles. The van der Waals surface area contributed by atoms with Crippen LogP contribution in [0.3, 0.4) is 0 Å². The Labute approximate surface area is 224 Å². The van der Waals surface area contributed by atoms with Gasteiger partial charge in [0.2, 0.25) is 6.41 Å². The number of hydrogen-bond acceptors (Lipinski definition) is 5. The molecule has 7 heteroatoms. The van der Waals surface area contributed by atoms with Crippen molar-refractivity contribution in [2.24, 2.45) is 4.99 Å². The van der Waals surface area contributed by atoms with Crippen molar-refractivity contribution >= 4 is 24.0 Å². The van der Waals surface area contributed by atoms with Crippen molar-refractivity contribution in [3.63, 3.8) is 0 Å². The summed E-state index contributed by atoms with van der Waals surface area (Å²) < 4.78 is 5.46. The first kappa shape index (κ1) is 28.1. The number of pyridine rings is 1. The number of nitrogens with zero attached hydrogens (tertiary/aromatic N) is 3. The summed E-state index contributed by atoms with van der Waals surface area (Å²) in [5.74, 6) is 0.286. The van der Waals surface area contributed by atoms with Crippen LogP contribution < -0.4 is 10.2 Å². The molecule has 38 heavy (non-hydrogen) atoms. The normalized spacial score (nSPS) is 13.7. The van der Waals surface area contributed by atoms with E-state index in [9.17, 15) is 9.59 Å². The van der Waals surface area contributed by atoms with E-state index < -0.39 is 5.97 Å². The molecule has 0 unspecified atom stereocenters. The number of hydrogen-bond donors (Lipinski definition) is 1. The van der Waals surface area contributed by atoms with Gasteiger partial charge in [0.25, 0.3) is 0 Å². The number of carbonyl (C=O) groups is 2. The van der Waals surface area contributed by atoms with E-state index in [0.29, 0.717) is 46.1 Å². The van der Waals surface area contributed by atoms with Crippen molar-refractivity contribution in [3.05, 3.63) is 108 Å². The summed E-state index contributed by atoms with van der Waals surface area (Å²) >= 11 is 0. The second kappa shape index (κ2) is 13.7. The summed E-state index contributed by atoms with van der Waals surface area (Å²) in [6.07, 6.45) is 15.7. The molecular formula is C31H34N4O3. The predicted molar refractivity (Wildman–Crippen MR) is 154 cm³/mol. The first-order valence-corrected chi connectivity index (χ1v) is 12.6. The number of amides is 1. The van der Waals surface area contributed by atoms with Crippen LogP contribution in [0.15, 0.2) is 95.8 Å². The molecule has 0 saturated carbocycles. The van der Waals surface area contributed by atoms with E-state index in [0.717, 1.165) is 24.1 Å². The van der Waals surface area contributed by atoms with Gasteiger partial charge in [0, 0.05) is 24.0 Å². The first-order valence-electron chi connectivity index (χ1n) is 12.6. The standard InChI is InChI=1S/C31H34N4O3/c1-6-15-25(16-7-2)35(21-36)30-28(29(32-5)34-24-19-13-10-14-20-24)27(23-17-11-9-12-18-23)26(22(4)33-30)31(37)38-8-3/h6-7,9,11-13,15-21H,1,8,10,14H2,2-5H3,(H,32,34)/b16-7-,25-15+. The van der Waals surface area contributed by atoms with Crippen molar-refractivity contribution in [1.29, 1.82) is 0 Å². The number of rotatable bonds is 10. The lowest BCUT2D eigenvalue weighted by molar-refractivity contribution is -0.107. The number of aryl methyl sites for hydroxylation is 1. The smallest absolute Gasteiger partial charge is 0.340 e. The maximum Gasteiger partial charge on any atom is 0.340 e. The highest BCUT2D eigenvalue weighted by Gasteiger charge is 2.30. The van der Waals surface area contributed by atoms with Crippen LogP contribution in [0.5, 0.6) is 0 Å². The molecule has 0 atom stereocenters. The fourth-order valence-electron chi connectivity index (χ4n) is 4.25. The fraction of sp³-hybridized carbons (Fsp3) is 0.226. The lowest BCUT2D eigenvalue weighted by atomic mass is 9.92. The molecule has 7 nitrogen and oxygen atoms in total. The van der Waals surface area contributed by atoms with E-state index in [1.807, 2.05) is 49.4 Å². The van der Waals surface area contributed by atoms with Crippen LogP contribution in [-0.4, -0.2) is 36.9 Å². The third-order valence-electron chi connectivity index (χ3n) is 5.86. The van der Waals surface area contributed by atoms with Crippen molar-refractivity contribution in [3.8, 4) is 11.1 Å². The lowest BCUT2D eigenvalue weighted by Gasteiger charge is -2.26. The largest absolute Gasteiger partial charge is 0.462 e. The van der Waals surface area contributed by atoms with Crippen molar-refractivity contribution in [1.82, 2.24) is 10.3 Å². The number of anilines is 1. The lowest BCUT2D eigenvalue weighted by Crippen LogP contribution is -2.31. The number of benzene rings is 1. The van der Waals surface area contributed by atoms with Gasteiger partial charge in [-0.3, -0.25) is 14.7 Å². The van der Waals surface area contributed by atoms with E-state index in [2.05, 4.69) is 29.0 Å². The quantitative estimate of drug-likeness (QED) is 0.138. The third-order valence-corrected chi connectivity index (χ3v) is 5.86. The Morgan fingerprint density at radius 3 is 2.58 bits per heavy atom. The van der Waals surface area contributed by atoms with E-state index in [4.69, 9.17) is 9.72 Å². The molecule has 3 rings (SSSR count). The molecule has 0 spiro atoms. The van der Waals surface area contributed by atoms with Gasteiger partial charge in [-0.15, -0.1) is 0 Å². The number of aromatic nitrogens is 1. The number of nitrogens with one attached hydrogen (secondary N) is 1. The van der Waals surface area contributed by atoms with E-state index in [-0.39, 0.29) is 6.61 Å². The minimum Gasteiger partial charge on any atom is -0.462 e. The molecule has 0 saturated heterocycles. The Hall–Kier alpha value is -4.52. The minimum atomic E-state index is -0.496. The molecular weight excluding hydrogens is 476 g/mol. The number of aliphatic imine (C=N–C) groups is 1. The van der Waals surface area contributed by atoms with Crippen molar-refractivity contribution in [2.45, 2.75) is 33.6 Å². The van der Waals surface area contributed by atoms with Gasteiger partial charge in [-0.1, -0.05) is 61.2 Å². The minimum absolute atomic E-state index is 0.211. The van der Waals surface area contributed by atoms with Crippen LogP contribution in [0.2, 0.25) is 0 Å². The molecule has 1 aliphatic carbocycles. The van der Waals surface area contributed by atoms with Gasteiger partial charge in [-0.25, -0.2) is 9.78 Å². The average molecular weight is 511 g/mol. The molecule has 2 aromatic rings. The number of esters is 1. The second-order valence-electron chi connectivity index (χ2n) is 8.37. The van der Waals surface area contributed by atoms with Crippen LogP contribution in [-0.2, 0) is 9.53 Å². The summed E-state index contributed by atoms with van der Waals surface area (Å²) in [5, 5.41) is 3.40. The zero-order chi connectivity index (χ0) is 27.5. The van der Waals surface area contributed by atoms with Gasteiger partial charge in [0.15, 0.2) is 5.82 Å². The SMILES string of the molecule is C=C/C=C(\C=C/C)N(C=O)c1nc(C)c(C(=O)OCC)c(-c2ccccc2)c1C(=NC)NC1=CCCC=C1. The van der Waals surface area contributed by atoms with Crippen LogP contribution in [0.25, 0.3) is 11.1 Å². The summed E-state index contributed by atoms with van der Waals surface area (Å²) in [4.78, 5) is 36.8. The van der Waals surface area contributed by atoms with E-state index >= 15 is 0 Å². The number of ether oxygens (including phenoxy) is 1. The zero-order valence-corrected chi connectivity index (χ0v) is 22.4. The maximum atomic E-state index is 13.3. The summed E-state index contributed by atoms with van der Waals surface area (Å²) in [7, 11) is 1.66. The molecule has 0 bridgehead atoms. The van der Waals surface area contributed by atoms with Crippen LogP contribution in [0.4, 0.5) is 5.82 Å². The molecule has 0 aliphatic heterocycles. The highest BCUT2D eigenvalue weighted by Crippen LogP contribution is 2.37. The zero-order valence-electron chi connectivity index (χ0n) is 22.4. The molecule has 1 aliphatic rings. The summed E-state index contributed by atoms with van der Waals surface area (Å²) in [5.41, 5.74) is 4.01. The van der Waals surface area contributed by atoms with Gasteiger partial charge in [0.05, 0.1) is 23.4 Å². The summed E-state index contributed by atoms with van der Waals surface area (Å²) in [6.45, 7) is 9.37. The topological polar surface area (TPSA) is 83.9 Å². The molecule has 0 fully saturated rings. The highest BCUT2D eigenvalue weighted by atomic mass is 16.5. The number of carbonyl (C=O) groups excluding carboxylic acids is 2. The van der Waals surface area contributed by atoms with Crippen LogP contribution >= 0.6 is 0 Å². The number of allylic oxidation sites excluding steroid dienone is 7. The Bertz CT molecular complexity index is 1330. The van der Waals surface area contributed by atoms with Gasteiger partial charge in [-0.2, -0.15) is 0 Å². The molecule has 1 amide bonds. The monoisotopic (exact) mass is 510 g/mol.